The normalized spacial score (nSPS) is 10.6. The molecule has 0 radical (unpaired) electrons. The van der Waals surface area contributed by atoms with Crippen molar-refractivity contribution in [3.63, 3.8) is 0 Å². The first-order valence-corrected chi connectivity index (χ1v) is 7.80. The predicted octanol–water partition coefficient (Wildman–Crippen LogP) is 5.34. The molecule has 2 aromatic carbocycles. The lowest BCUT2D eigenvalue weighted by molar-refractivity contribution is 0.262. The van der Waals surface area contributed by atoms with Gasteiger partial charge in [0, 0.05) is 37.4 Å². The van der Waals surface area contributed by atoms with E-state index in [0.717, 1.165) is 25.5 Å². The van der Waals surface area contributed by atoms with Gasteiger partial charge in [-0.25, -0.2) is 4.79 Å². The summed E-state index contributed by atoms with van der Waals surface area (Å²) >= 11 is 6.77. The van der Waals surface area contributed by atoms with Gasteiger partial charge in [-0.1, -0.05) is 31.9 Å². The van der Waals surface area contributed by atoms with Gasteiger partial charge in [-0.05, 0) is 42.5 Å². The number of aromatic amines is 1. The molecule has 1 heterocycles. The smallest absolute Gasteiger partial charge is 0.323 e. The van der Waals surface area contributed by atoms with Crippen molar-refractivity contribution in [1.82, 2.24) is 4.98 Å². The van der Waals surface area contributed by atoms with Crippen molar-refractivity contribution < 1.29 is 4.79 Å². The quantitative estimate of drug-likeness (QED) is 0.526. The van der Waals surface area contributed by atoms with Crippen molar-refractivity contribution in [1.29, 1.82) is 0 Å². The molecule has 0 aliphatic carbocycles. The number of rotatable bonds is 2. The maximum Gasteiger partial charge on any atom is 0.323 e. The number of halogens is 2. The fourth-order valence-corrected chi connectivity index (χ4v) is 3.34. The molecule has 0 spiro atoms. The molecule has 2 amide bonds. The van der Waals surface area contributed by atoms with Crippen molar-refractivity contribution in [2.45, 2.75) is 0 Å². The SMILES string of the molecule is O=C(Nc1cc(Br)cc(Br)c1)Nc1ccc2[nH]ccc2c1. The Kier molecular flexibility index (Phi) is 3.98. The lowest BCUT2D eigenvalue weighted by Crippen LogP contribution is -2.19. The first-order chi connectivity index (χ1) is 10.1. The Morgan fingerprint density at radius 1 is 0.905 bits per heavy atom. The van der Waals surface area contributed by atoms with Crippen molar-refractivity contribution in [2.24, 2.45) is 0 Å². The monoisotopic (exact) mass is 407 g/mol. The van der Waals surface area contributed by atoms with E-state index in [1.807, 2.05) is 48.7 Å². The third kappa shape index (κ3) is 3.46. The molecule has 3 N–H and O–H groups in total. The lowest BCUT2D eigenvalue weighted by atomic mass is 10.2. The topological polar surface area (TPSA) is 56.9 Å². The number of hydrogen-bond acceptors (Lipinski definition) is 1. The number of carbonyl (C=O) groups excluding carboxylic acids is 1. The highest BCUT2D eigenvalue weighted by Crippen LogP contribution is 2.23. The Labute approximate surface area is 138 Å². The largest absolute Gasteiger partial charge is 0.361 e. The number of benzene rings is 2. The molecule has 0 aliphatic heterocycles. The molecule has 0 saturated heterocycles. The molecule has 21 heavy (non-hydrogen) atoms. The Balaban J connectivity index is 1.73. The van der Waals surface area contributed by atoms with Gasteiger partial charge < -0.3 is 15.6 Å². The first-order valence-electron chi connectivity index (χ1n) is 6.21. The lowest BCUT2D eigenvalue weighted by Gasteiger charge is -2.08. The third-order valence-corrected chi connectivity index (χ3v) is 3.85. The van der Waals surface area contributed by atoms with Gasteiger partial charge in [0.1, 0.15) is 0 Å². The Morgan fingerprint density at radius 2 is 1.62 bits per heavy atom. The van der Waals surface area contributed by atoms with Crippen molar-refractivity contribution in [3.05, 3.63) is 57.6 Å². The standard InChI is InChI=1S/C15H11Br2N3O/c16-10-6-11(17)8-13(7-10)20-15(21)19-12-1-2-14-9(5-12)3-4-18-14/h1-8,18H,(H2,19,20,21). The molecule has 0 atom stereocenters. The Morgan fingerprint density at radius 3 is 2.38 bits per heavy atom. The van der Waals surface area contributed by atoms with E-state index in [0.29, 0.717) is 5.69 Å². The number of hydrogen-bond donors (Lipinski definition) is 3. The van der Waals surface area contributed by atoms with Crippen LogP contribution in [0.1, 0.15) is 0 Å². The van der Waals surface area contributed by atoms with Gasteiger partial charge in [0.15, 0.2) is 0 Å². The number of urea groups is 1. The number of H-pyrrole nitrogens is 1. The van der Waals surface area contributed by atoms with Crippen molar-refractivity contribution in [2.75, 3.05) is 10.6 Å². The van der Waals surface area contributed by atoms with E-state index in [2.05, 4.69) is 47.5 Å². The van der Waals surface area contributed by atoms with Crippen LogP contribution in [-0.4, -0.2) is 11.0 Å². The highest BCUT2D eigenvalue weighted by Gasteiger charge is 2.05. The van der Waals surface area contributed by atoms with E-state index in [-0.39, 0.29) is 6.03 Å². The minimum absolute atomic E-state index is 0.283. The zero-order valence-corrected chi connectivity index (χ0v) is 14.0. The fourth-order valence-electron chi connectivity index (χ4n) is 2.05. The Hall–Kier alpha value is -1.79. The number of aromatic nitrogens is 1. The highest BCUT2D eigenvalue weighted by molar-refractivity contribution is 9.11. The number of nitrogens with one attached hydrogen (secondary N) is 3. The van der Waals surface area contributed by atoms with E-state index in [9.17, 15) is 4.79 Å². The fraction of sp³-hybridized carbons (Fsp3) is 0. The van der Waals surface area contributed by atoms with Crippen molar-refractivity contribution in [3.8, 4) is 0 Å². The van der Waals surface area contributed by atoms with Gasteiger partial charge in [-0.15, -0.1) is 0 Å². The van der Waals surface area contributed by atoms with Crippen molar-refractivity contribution >= 4 is 60.2 Å². The number of fused-ring (bicyclic) bond motifs is 1. The maximum atomic E-state index is 12.0. The summed E-state index contributed by atoms with van der Waals surface area (Å²) in [6.07, 6.45) is 1.87. The minimum atomic E-state index is -0.283. The van der Waals surface area contributed by atoms with Gasteiger partial charge in [0.2, 0.25) is 0 Å². The molecular weight excluding hydrogens is 398 g/mol. The van der Waals surface area contributed by atoms with Crippen LogP contribution >= 0.6 is 31.9 Å². The van der Waals surface area contributed by atoms with E-state index in [1.165, 1.54) is 0 Å². The summed E-state index contributed by atoms with van der Waals surface area (Å²) in [6.45, 7) is 0. The van der Waals surface area contributed by atoms with Crippen LogP contribution in [0.2, 0.25) is 0 Å². The van der Waals surface area contributed by atoms with Gasteiger partial charge >= 0.3 is 6.03 Å². The second kappa shape index (κ2) is 5.91. The average Bonchev–Trinajstić information content (AvgIpc) is 2.84. The van der Waals surface area contributed by atoms with Crippen LogP contribution in [0.5, 0.6) is 0 Å². The first kappa shape index (κ1) is 14.2. The van der Waals surface area contributed by atoms with Crippen LogP contribution in [0, 0.1) is 0 Å². The van der Waals surface area contributed by atoms with Gasteiger partial charge in [-0.2, -0.15) is 0 Å². The molecule has 3 rings (SSSR count). The molecule has 0 saturated carbocycles. The van der Waals surface area contributed by atoms with Crippen LogP contribution in [-0.2, 0) is 0 Å². The van der Waals surface area contributed by atoms with E-state index < -0.39 is 0 Å². The molecule has 0 fully saturated rings. The number of amides is 2. The molecule has 0 aliphatic rings. The molecule has 4 nitrogen and oxygen atoms in total. The highest BCUT2D eigenvalue weighted by atomic mass is 79.9. The minimum Gasteiger partial charge on any atom is -0.361 e. The molecule has 0 bridgehead atoms. The molecule has 106 valence electrons. The Bertz CT molecular complexity index is 793. The summed E-state index contributed by atoms with van der Waals surface area (Å²) in [6, 6.07) is 13.0. The van der Waals surface area contributed by atoms with Gasteiger partial charge in [0.25, 0.3) is 0 Å². The van der Waals surface area contributed by atoms with E-state index in [4.69, 9.17) is 0 Å². The molecule has 0 unspecified atom stereocenters. The summed E-state index contributed by atoms with van der Waals surface area (Å²) in [7, 11) is 0. The van der Waals surface area contributed by atoms with Gasteiger partial charge in [-0.3, -0.25) is 0 Å². The number of carbonyl (C=O) groups is 1. The maximum absolute atomic E-state index is 12.0. The van der Waals surface area contributed by atoms with Crippen LogP contribution in [0.3, 0.4) is 0 Å². The number of anilines is 2. The summed E-state index contributed by atoms with van der Waals surface area (Å²) < 4.78 is 1.78. The van der Waals surface area contributed by atoms with Crippen LogP contribution < -0.4 is 10.6 Å². The predicted molar refractivity (Wildman–Crippen MR) is 92.8 cm³/mol. The molecule has 1 aromatic heterocycles. The van der Waals surface area contributed by atoms with Gasteiger partial charge in [0.05, 0.1) is 0 Å². The molecule has 3 aromatic rings. The summed E-state index contributed by atoms with van der Waals surface area (Å²) in [5, 5.41) is 6.67. The van der Waals surface area contributed by atoms with Crippen LogP contribution in [0.25, 0.3) is 10.9 Å². The van der Waals surface area contributed by atoms with E-state index >= 15 is 0 Å². The second-order valence-electron chi connectivity index (χ2n) is 4.52. The third-order valence-electron chi connectivity index (χ3n) is 2.93. The second-order valence-corrected chi connectivity index (χ2v) is 6.35. The van der Waals surface area contributed by atoms with Crippen LogP contribution in [0.4, 0.5) is 16.2 Å². The summed E-state index contributed by atoms with van der Waals surface area (Å²) in [5.74, 6) is 0. The van der Waals surface area contributed by atoms with Crippen LogP contribution in [0.15, 0.2) is 57.6 Å². The average molecular weight is 409 g/mol. The zero-order valence-electron chi connectivity index (χ0n) is 10.8. The summed E-state index contributed by atoms with van der Waals surface area (Å²) in [5.41, 5.74) is 2.49. The molecular formula is C15H11Br2N3O. The molecule has 6 heteroatoms. The zero-order chi connectivity index (χ0) is 14.8. The summed E-state index contributed by atoms with van der Waals surface area (Å²) in [4.78, 5) is 15.1. The van der Waals surface area contributed by atoms with E-state index in [1.54, 1.807) is 0 Å².